The van der Waals surface area contributed by atoms with E-state index >= 15 is 0 Å². The van der Waals surface area contributed by atoms with Crippen LogP contribution in [0.1, 0.15) is 67.9 Å². The third-order valence-electron chi connectivity index (χ3n) is 10.1. The Morgan fingerprint density at radius 3 is 2.11 bits per heavy atom. The Morgan fingerprint density at radius 2 is 1.34 bits per heavy atom. The van der Waals surface area contributed by atoms with Crippen LogP contribution in [0.5, 0.6) is 11.5 Å². The maximum absolute atomic E-state index is 8.53. The van der Waals surface area contributed by atoms with Gasteiger partial charge >= 0.3 is 0 Å². The summed E-state index contributed by atoms with van der Waals surface area (Å²) in [5.74, 6) is 2.09. The molecule has 5 nitrogen and oxygen atoms in total. The smallest absolute Gasteiger partial charge is 0.138 e. The van der Waals surface area contributed by atoms with Crippen molar-refractivity contribution in [2.24, 2.45) is 0 Å². The van der Waals surface area contributed by atoms with Crippen LogP contribution in [0, 0.1) is 13.8 Å². The number of imidazole rings is 1. The molecule has 0 aliphatic carbocycles. The molecule has 8 aromatic rings. The third kappa shape index (κ3) is 6.53. The number of aromatic nitrogens is 4. The first-order valence-corrected chi connectivity index (χ1v) is 18.1. The molecule has 0 bridgehead atoms. The third-order valence-corrected chi connectivity index (χ3v) is 10.1. The summed E-state index contributed by atoms with van der Waals surface area (Å²) in [6.45, 7) is 12.6. The van der Waals surface area contributed by atoms with Crippen molar-refractivity contribution in [3.63, 3.8) is 0 Å². The molecule has 5 aromatic carbocycles. The SMILES string of the molecule is [2H]C([2H])([2H])c1cc(C(C)(C)C)cc(C)c1-c1ccnc(-n2c3ccccc3c3ccc(Oc4cc(-n5cnc(-c6ccccc6)c5)cc(C(C)(C)C)c4)cc32)c1. The molecule has 0 spiro atoms. The van der Waals surface area contributed by atoms with Gasteiger partial charge in [-0.15, -0.1) is 0 Å². The number of hydrogen-bond donors (Lipinski definition) is 0. The van der Waals surface area contributed by atoms with Gasteiger partial charge in [-0.2, -0.15) is 0 Å². The van der Waals surface area contributed by atoms with Crippen LogP contribution < -0.4 is 4.74 Å². The van der Waals surface area contributed by atoms with Crippen LogP contribution in [0.25, 0.3) is 55.7 Å². The lowest BCUT2D eigenvalue weighted by molar-refractivity contribution is 0.479. The lowest BCUT2D eigenvalue weighted by atomic mass is 9.83. The zero-order valence-electron chi connectivity index (χ0n) is 34.4. The van der Waals surface area contributed by atoms with Crippen LogP contribution in [0.4, 0.5) is 0 Å². The fourth-order valence-electron chi connectivity index (χ4n) is 7.14. The number of nitrogens with zero attached hydrogens (tertiary/aromatic N) is 4. The second kappa shape index (κ2) is 12.9. The Hall–Kier alpha value is -5.94. The molecule has 264 valence electrons. The number of para-hydroxylation sites is 1. The van der Waals surface area contributed by atoms with E-state index in [9.17, 15) is 0 Å². The van der Waals surface area contributed by atoms with E-state index in [1.54, 1.807) is 6.20 Å². The fourth-order valence-corrected chi connectivity index (χ4v) is 7.14. The molecular formula is C48H46N4O. The van der Waals surface area contributed by atoms with E-state index in [-0.39, 0.29) is 10.8 Å². The summed E-state index contributed by atoms with van der Waals surface area (Å²) in [6, 6.07) is 38.9. The van der Waals surface area contributed by atoms with Crippen LogP contribution in [-0.2, 0) is 10.8 Å². The number of fused-ring (bicyclic) bond motifs is 3. The van der Waals surface area contributed by atoms with Gasteiger partial charge in [0.05, 0.1) is 28.7 Å². The number of hydrogen-bond acceptors (Lipinski definition) is 3. The number of ether oxygens (including phenoxy) is 1. The quantitative estimate of drug-likeness (QED) is 0.174. The fraction of sp³-hybridized carbons (Fsp3) is 0.208. The predicted octanol–water partition coefficient (Wildman–Crippen LogP) is 12.7. The molecule has 0 amide bonds. The standard InChI is InChI=1S/C48H46N4O/c1-31-22-35(47(3,4)5)23-32(2)46(31)34-20-21-49-45(24-34)52-43-17-13-12-16-40(43)41-19-18-38(28-44(41)52)53-39-26-36(48(6,7)8)25-37(27-39)51-29-42(50-30-51)33-14-10-9-11-15-33/h9-30H,1-8H3/i1D3. The Kier molecular flexibility index (Phi) is 7.48. The highest BCUT2D eigenvalue weighted by Crippen LogP contribution is 2.38. The van der Waals surface area contributed by atoms with Crippen LogP contribution in [0.3, 0.4) is 0 Å². The molecule has 0 atom stereocenters. The molecule has 0 aliphatic heterocycles. The Bertz CT molecular complexity index is 2750. The van der Waals surface area contributed by atoms with Gasteiger partial charge < -0.3 is 9.30 Å². The summed E-state index contributed by atoms with van der Waals surface area (Å²) < 4.78 is 36.5. The summed E-state index contributed by atoms with van der Waals surface area (Å²) in [5, 5.41) is 2.14. The highest BCUT2D eigenvalue weighted by molar-refractivity contribution is 6.09. The molecule has 0 radical (unpaired) electrons. The first kappa shape index (κ1) is 30.7. The van der Waals surface area contributed by atoms with Gasteiger partial charge in [-0.3, -0.25) is 4.57 Å². The van der Waals surface area contributed by atoms with E-state index in [1.165, 1.54) is 0 Å². The van der Waals surface area contributed by atoms with Crippen molar-refractivity contribution in [3.8, 4) is 45.4 Å². The molecule has 5 heteroatoms. The number of rotatable bonds is 6. The molecule has 0 aliphatic rings. The van der Waals surface area contributed by atoms with E-state index in [0.29, 0.717) is 17.1 Å². The van der Waals surface area contributed by atoms with E-state index in [0.717, 1.165) is 72.3 Å². The largest absolute Gasteiger partial charge is 0.457 e. The predicted molar refractivity (Wildman–Crippen MR) is 220 cm³/mol. The summed E-state index contributed by atoms with van der Waals surface area (Å²) in [6.07, 6.45) is 5.67. The van der Waals surface area contributed by atoms with Crippen molar-refractivity contribution in [1.29, 1.82) is 0 Å². The van der Waals surface area contributed by atoms with Crippen LogP contribution >= 0.6 is 0 Å². The van der Waals surface area contributed by atoms with Crippen molar-refractivity contribution in [1.82, 2.24) is 19.1 Å². The van der Waals surface area contributed by atoms with Gasteiger partial charge in [-0.1, -0.05) is 102 Å². The average Bonchev–Trinajstić information content (AvgIpc) is 3.77. The second-order valence-corrected chi connectivity index (χ2v) is 16.0. The topological polar surface area (TPSA) is 44.9 Å². The molecule has 0 saturated carbocycles. The van der Waals surface area contributed by atoms with Crippen LogP contribution in [0.15, 0.2) is 134 Å². The van der Waals surface area contributed by atoms with Gasteiger partial charge in [0.2, 0.25) is 0 Å². The number of pyridine rings is 1. The normalized spacial score (nSPS) is 13.2. The van der Waals surface area contributed by atoms with Crippen LogP contribution in [-0.4, -0.2) is 19.1 Å². The minimum absolute atomic E-state index is 0.130. The highest BCUT2D eigenvalue weighted by atomic mass is 16.5. The van der Waals surface area contributed by atoms with E-state index in [1.807, 2.05) is 84.7 Å². The monoisotopic (exact) mass is 697 g/mol. The number of aryl methyl sites for hydroxylation is 2. The minimum Gasteiger partial charge on any atom is -0.457 e. The summed E-state index contributed by atoms with van der Waals surface area (Å²) in [4.78, 5) is 9.59. The highest BCUT2D eigenvalue weighted by Gasteiger charge is 2.20. The van der Waals surface area contributed by atoms with E-state index in [4.69, 9.17) is 18.8 Å². The summed E-state index contributed by atoms with van der Waals surface area (Å²) in [7, 11) is 0. The minimum atomic E-state index is -2.30. The summed E-state index contributed by atoms with van der Waals surface area (Å²) >= 11 is 0. The second-order valence-electron chi connectivity index (χ2n) is 16.0. The Morgan fingerprint density at radius 1 is 0.623 bits per heavy atom. The Balaban J connectivity index is 1.24. The molecule has 3 aromatic heterocycles. The van der Waals surface area contributed by atoms with E-state index < -0.39 is 6.85 Å². The molecule has 3 heterocycles. The van der Waals surface area contributed by atoms with Crippen molar-refractivity contribution in [2.75, 3.05) is 0 Å². The van der Waals surface area contributed by atoms with Crippen molar-refractivity contribution < 1.29 is 8.85 Å². The van der Waals surface area contributed by atoms with Gasteiger partial charge in [-0.05, 0) is 100 Å². The number of benzene rings is 5. The molecule has 0 N–H and O–H groups in total. The average molecular weight is 698 g/mol. The maximum atomic E-state index is 8.53. The lowest BCUT2D eigenvalue weighted by Gasteiger charge is -2.22. The molecule has 8 rings (SSSR count). The van der Waals surface area contributed by atoms with Gasteiger partial charge in [0.1, 0.15) is 17.3 Å². The van der Waals surface area contributed by atoms with Gasteiger partial charge in [0.15, 0.2) is 0 Å². The van der Waals surface area contributed by atoms with Gasteiger partial charge in [0, 0.05) is 45.0 Å². The molecule has 53 heavy (non-hydrogen) atoms. The van der Waals surface area contributed by atoms with Crippen molar-refractivity contribution >= 4 is 21.8 Å². The van der Waals surface area contributed by atoms with Crippen molar-refractivity contribution in [2.45, 2.75) is 66.1 Å². The summed E-state index contributed by atoms with van der Waals surface area (Å²) in [5.41, 5.74) is 9.44. The molecule has 0 unspecified atom stereocenters. The molecule has 0 fully saturated rings. The van der Waals surface area contributed by atoms with Crippen LogP contribution in [0.2, 0.25) is 0 Å². The zero-order valence-corrected chi connectivity index (χ0v) is 31.4. The van der Waals surface area contributed by atoms with Gasteiger partial charge in [-0.25, -0.2) is 9.97 Å². The lowest BCUT2D eigenvalue weighted by Crippen LogP contribution is -2.12. The molecule has 0 saturated heterocycles. The maximum Gasteiger partial charge on any atom is 0.138 e. The van der Waals surface area contributed by atoms with Gasteiger partial charge in [0.25, 0.3) is 0 Å². The first-order chi connectivity index (χ1) is 26.5. The molecular weight excluding hydrogens is 649 g/mol. The van der Waals surface area contributed by atoms with E-state index in [2.05, 4.69) is 101 Å². The first-order valence-electron chi connectivity index (χ1n) is 19.6. The van der Waals surface area contributed by atoms with Crippen molar-refractivity contribution in [3.05, 3.63) is 156 Å². The Labute approximate surface area is 316 Å². The zero-order chi connectivity index (χ0) is 39.6.